The molecule has 110 valence electrons. The summed E-state index contributed by atoms with van der Waals surface area (Å²) in [6.07, 6.45) is 3.41. The van der Waals surface area contributed by atoms with Crippen LogP contribution >= 0.6 is 11.3 Å². The van der Waals surface area contributed by atoms with Gasteiger partial charge in [0.25, 0.3) is 0 Å². The summed E-state index contributed by atoms with van der Waals surface area (Å²) in [6.45, 7) is 6.36. The van der Waals surface area contributed by atoms with Gasteiger partial charge in [0, 0.05) is 36.2 Å². The van der Waals surface area contributed by atoms with Gasteiger partial charge in [-0.05, 0) is 40.4 Å². The molecule has 1 aromatic carbocycles. The van der Waals surface area contributed by atoms with Crippen LogP contribution in [0.5, 0.6) is 0 Å². The zero-order valence-electron chi connectivity index (χ0n) is 12.7. The third kappa shape index (κ3) is 3.36. The summed E-state index contributed by atoms with van der Waals surface area (Å²) >= 11 is 1.78. The SMILES string of the molecule is CC(C)NCc1cn(CCc2ccsc2)c2ccccc12. The molecule has 0 radical (unpaired) electrons. The van der Waals surface area contributed by atoms with Gasteiger partial charge in [-0.1, -0.05) is 32.0 Å². The highest BCUT2D eigenvalue weighted by Crippen LogP contribution is 2.22. The Hall–Kier alpha value is -1.58. The van der Waals surface area contributed by atoms with E-state index in [0.29, 0.717) is 6.04 Å². The minimum Gasteiger partial charge on any atom is -0.347 e. The summed E-state index contributed by atoms with van der Waals surface area (Å²) in [5, 5.41) is 9.29. The monoisotopic (exact) mass is 298 g/mol. The number of nitrogens with zero attached hydrogens (tertiary/aromatic N) is 1. The fourth-order valence-electron chi connectivity index (χ4n) is 2.65. The first kappa shape index (κ1) is 14.4. The van der Waals surface area contributed by atoms with Crippen LogP contribution in [0.2, 0.25) is 0 Å². The highest BCUT2D eigenvalue weighted by atomic mass is 32.1. The number of para-hydroxylation sites is 1. The van der Waals surface area contributed by atoms with E-state index in [9.17, 15) is 0 Å². The third-order valence-corrected chi connectivity index (χ3v) is 4.53. The third-order valence-electron chi connectivity index (χ3n) is 3.79. The lowest BCUT2D eigenvalue weighted by Gasteiger charge is -2.06. The number of aromatic nitrogens is 1. The molecule has 0 saturated heterocycles. The smallest absolute Gasteiger partial charge is 0.0483 e. The van der Waals surface area contributed by atoms with E-state index < -0.39 is 0 Å². The molecule has 0 aliphatic carbocycles. The van der Waals surface area contributed by atoms with Crippen LogP contribution in [0.3, 0.4) is 0 Å². The van der Waals surface area contributed by atoms with Crippen molar-refractivity contribution in [1.82, 2.24) is 9.88 Å². The van der Waals surface area contributed by atoms with E-state index in [1.54, 1.807) is 11.3 Å². The summed E-state index contributed by atoms with van der Waals surface area (Å²) in [4.78, 5) is 0. The summed E-state index contributed by atoms with van der Waals surface area (Å²) < 4.78 is 2.39. The maximum absolute atomic E-state index is 3.53. The molecule has 2 aromatic heterocycles. The lowest BCUT2D eigenvalue weighted by atomic mass is 10.1. The minimum absolute atomic E-state index is 0.512. The van der Waals surface area contributed by atoms with E-state index >= 15 is 0 Å². The van der Waals surface area contributed by atoms with Crippen LogP contribution < -0.4 is 5.32 Å². The molecule has 3 rings (SSSR count). The Morgan fingerprint density at radius 1 is 1.19 bits per heavy atom. The molecule has 2 nitrogen and oxygen atoms in total. The highest BCUT2D eigenvalue weighted by molar-refractivity contribution is 7.07. The van der Waals surface area contributed by atoms with Crippen LogP contribution in [-0.4, -0.2) is 10.6 Å². The van der Waals surface area contributed by atoms with E-state index in [1.165, 1.54) is 22.0 Å². The van der Waals surface area contributed by atoms with Crippen molar-refractivity contribution in [2.24, 2.45) is 0 Å². The summed E-state index contributed by atoms with van der Waals surface area (Å²) in [5.41, 5.74) is 4.16. The van der Waals surface area contributed by atoms with Crippen LogP contribution in [0, 0.1) is 0 Å². The maximum Gasteiger partial charge on any atom is 0.0483 e. The molecular weight excluding hydrogens is 276 g/mol. The van der Waals surface area contributed by atoms with Gasteiger partial charge < -0.3 is 9.88 Å². The lowest BCUT2D eigenvalue weighted by Crippen LogP contribution is -2.21. The Morgan fingerprint density at radius 2 is 2.05 bits per heavy atom. The highest BCUT2D eigenvalue weighted by Gasteiger charge is 2.08. The number of hydrogen-bond acceptors (Lipinski definition) is 2. The number of thiophene rings is 1. The fraction of sp³-hybridized carbons (Fsp3) is 0.333. The molecule has 21 heavy (non-hydrogen) atoms. The second-order valence-electron chi connectivity index (χ2n) is 5.78. The van der Waals surface area contributed by atoms with Crippen molar-refractivity contribution in [3.63, 3.8) is 0 Å². The lowest BCUT2D eigenvalue weighted by molar-refractivity contribution is 0.588. The zero-order chi connectivity index (χ0) is 14.7. The average molecular weight is 298 g/mol. The van der Waals surface area contributed by atoms with Crippen molar-refractivity contribution in [1.29, 1.82) is 0 Å². The van der Waals surface area contributed by atoms with Gasteiger partial charge in [0.15, 0.2) is 0 Å². The van der Waals surface area contributed by atoms with E-state index in [-0.39, 0.29) is 0 Å². The second-order valence-corrected chi connectivity index (χ2v) is 6.56. The van der Waals surface area contributed by atoms with Crippen LogP contribution in [0.15, 0.2) is 47.3 Å². The molecule has 1 N–H and O–H groups in total. The number of rotatable bonds is 6. The van der Waals surface area contributed by atoms with Gasteiger partial charge in [-0.15, -0.1) is 0 Å². The van der Waals surface area contributed by atoms with Crippen molar-refractivity contribution in [2.45, 2.75) is 39.4 Å². The van der Waals surface area contributed by atoms with Gasteiger partial charge >= 0.3 is 0 Å². The van der Waals surface area contributed by atoms with Crippen molar-refractivity contribution in [3.8, 4) is 0 Å². The van der Waals surface area contributed by atoms with Gasteiger partial charge in [0.1, 0.15) is 0 Å². The molecule has 0 spiro atoms. The molecule has 3 aromatic rings. The average Bonchev–Trinajstić information content (AvgIpc) is 3.11. The predicted octanol–water partition coefficient (Wildman–Crippen LogP) is 4.44. The molecule has 0 bridgehead atoms. The number of fused-ring (bicyclic) bond motifs is 1. The van der Waals surface area contributed by atoms with Gasteiger partial charge in [-0.25, -0.2) is 0 Å². The Bertz CT molecular complexity index is 695. The van der Waals surface area contributed by atoms with Crippen molar-refractivity contribution in [3.05, 3.63) is 58.4 Å². The molecule has 0 aliphatic rings. The van der Waals surface area contributed by atoms with Crippen molar-refractivity contribution in [2.75, 3.05) is 0 Å². The second kappa shape index (κ2) is 6.46. The molecule has 0 fully saturated rings. The largest absolute Gasteiger partial charge is 0.347 e. The van der Waals surface area contributed by atoms with Gasteiger partial charge in [-0.3, -0.25) is 0 Å². The van der Waals surface area contributed by atoms with Crippen LogP contribution in [-0.2, 0) is 19.5 Å². The summed E-state index contributed by atoms with van der Waals surface area (Å²) in [7, 11) is 0. The van der Waals surface area contributed by atoms with E-state index in [4.69, 9.17) is 0 Å². The first-order chi connectivity index (χ1) is 10.2. The van der Waals surface area contributed by atoms with Crippen LogP contribution in [0.1, 0.15) is 25.0 Å². The first-order valence-corrected chi connectivity index (χ1v) is 8.49. The van der Waals surface area contributed by atoms with Crippen LogP contribution in [0.25, 0.3) is 10.9 Å². The maximum atomic E-state index is 3.53. The van der Waals surface area contributed by atoms with Crippen molar-refractivity contribution >= 4 is 22.2 Å². The van der Waals surface area contributed by atoms with Gasteiger partial charge in [-0.2, -0.15) is 11.3 Å². The Morgan fingerprint density at radius 3 is 2.81 bits per heavy atom. The molecule has 0 amide bonds. The van der Waals surface area contributed by atoms with E-state index in [2.05, 4.69) is 71.0 Å². The molecule has 0 aliphatic heterocycles. The number of benzene rings is 1. The van der Waals surface area contributed by atoms with Gasteiger partial charge in [0.2, 0.25) is 0 Å². The van der Waals surface area contributed by atoms with Gasteiger partial charge in [0.05, 0.1) is 0 Å². The number of aryl methyl sites for hydroxylation is 2. The van der Waals surface area contributed by atoms with E-state index in [1.807, 2.05) is 0 Å². The molecule has 3 heteroatoms. The summed E-state index contributed by atoms with van der Waals surface area (Å²) in [5.74, 6) is 0. The molecule has 2 heterocycles. The fourth-order valence-corrected chi connectivity index (χ4v) is 3.35. The van der Waals surface area contributed by atoms with Crippen LogP contribution in [0.4, 0.5) is 0 Å². The Kier molecular flexibility index (Phi) is 4.42. The molecule has 0 atom stereocenters. The summed E-state index contributed by atoms with van der Waals surface area (Å²) in [6, 6.07) is 11.4. The van der Waals surface area contributed by atoms with E-state index in [0.717, 1.165) is 19.5 Å². The normalized spacial score (nSPS) is 11.6. The predicted molar refractivity (Wildman–Crippen MR) is 91.9 cm³/mol. The van der Waals surface area contributed by atoms with Crippen molar-refractivity contribution < 1.29 is 0 Å². The molecule has 0 saturated carbocycles. The Labute approximate surface area is 130 Å². The number of hydrogen-bond donors (Lipinski definition) is 1. The molecule has 0 unspecified atom stereocenters. The standard InChI is InChI=1S/C18H22N2S/c1-14(2)19-11-16-12-20(9-7-15-8-10-21-13-15)18-6-4-3-5-17(16)18/h3-6,8,10,12-14,19H,7,9,11H2,1-2H3. The first-order valence-electron chi connectivity index (χ1n) is 7.55. The topological polar surface area (TPSA) is 17.0 Å². The Balaban J connectivity index is 1.84. The molecular formula is C18H22N2S. The minimum atomic E-state index is 0.512. The number of nitrogens with one attached hydrogen (secondary N) is 1. The quantitative estimate of drug-likeness (QED) is 0.711. The zero-order valence-corrected chi connectivity index (χ0v) is 13.5.